The van der Waals surface area contributed by atoms with E-state index in [0.717, 1.165) is 5.69 Å². The van der Waals surface area contributed by atoms with E-state index in [-0.39, 0.29) is 0 Å². The summed E-state index contributed by atoms with van der Waals surface area (Å²) in [6, 6.07) is 3.59. The van der Waals surface area contributed by atoms with Crippen LogP contribution in [0.1, 0.15) is 5.69 Å². The third-order valence-electron chi connectivity index (χ3n) is 2.15. The summed E-state index contributed by atoms with van der Waals surface area (Å²) in [7, 11) is 3.49. The molecule has 0 aromatic carbocycles. The molecule has 0 radical (unpaired) electrons. The number of pyridine rings is 1. The average Bonchev–Trinajstić information content (AvgIpc) is 2.17. The Morgan fingerprint density at radius 2 is 2.38 bits per heavy atom. The van der Waals surface area contributed by atoms with Crippen molar-refractivity contribution in [3.8, 4) is 0 Å². The summed E-state index contributed by atoms with van der Waals surface area (Å²) in [5.41, 5.74) is 7.26. The minimum Gasteiger partial charge on any atom is -0.399 e. The van der Waals surface area contributed by atoms with Gasteiger partial charge in [0, 0.05) is 32.1 Å². The van der Waals surface area contributed by atoms with Crippen LogP contribution in [0.5, 0.6) is 0 Å². The maximum absolute atomic E-state index is 9.54. The van der Waals surface area contributed by atoms with Crippen LogP contribution in [-0.4, -0.2) is 48.4 Å². The van der Waals surface area contributed by atoms with Gasteiger partial charge in [-0.1, -0.05) is 0 Å². The van der Waals surface area contributed by atoms with E-state index in [4.69, 9.17) is 10.5 Å². The number of hydrogen-bond acceptors (Lipinski definition) is 5. The molecule has 0 aliphatic heterocycles. The first-order valence-electron chi connectivity index (χ1n) is 5.17. The summed E-state index contributed by atoms with van der Waals surface area (Å²) < 4.78 is 4.86. The predicted molar refractivity (Wildman–Crippen MR) is 62.9 cm³/mol. The van der Waals surface area contributed by atoms with Crippen LogP contribution < -0.4 is 5.73 Å². The molecule has 1 rings (SSSR count). The van der Waals surface area contributed by atoms with Crippen LogP contribution in [0.25, 0.3) is 0 Å². The van der Waals surface area contributed by atoms with E-state index in [1.54, 1.807) is 19.4 Å². The van der Waals surface area contributed by atoms with Crippen molar-refractivity contribution < 1.29 is 9.84 Å². The van der Waals surface area contributed by atoms with Crippen molar-refractivity contribution in [1.82, 2.24) is 9.88 Å². The molecule has 1 aromatic heterocycles. The van der Waals surface area contributed by atoms with Gasteiger partial charge >= 0.3 is 0 Å². The second-order valence-electron chi connectivity index (χ2n) is 3.89. The molecule has 1 unspecified atom stereocenters. The summed E-state index contributed by atoms with van der Waals surface area (Å²) in [5.74, 6) is 0. The van der Waals surface area contributed by atoms with E-state index >= 15 is 0 Å². The van der Waals surface area contributed by atoms with Gasteiger partial charge in [0.15, 0.2) is 0 Å². The highest BCUT2D eigenvalue weighted by atomic mass is 16.5. The molecule has 1 atom stereocenters. The fraction of sp³-hybridized carbons (Fsp3) is 0.545. The Labute approximate surface area is 95.8 Å². The second-order valence-corrected chi connectivity index (χ2v) is 3.89. The van der Waals surface area contributed by atoms with Gasteiger partial charge in [-0.2, -0.15) is 0 Å². The summed E-state index contributed by atoms with van der Waals surface area (Å²) in [5, 5.41) is 9.54. The van der Waals surface area contributed by atoms with Crippen molar-refractivity contribution >= 4 is 5.69 Å². The summed E-state index contributed by atoms with van der Waals surface area (Å²) in [4.78, 5) is 6.18. The highest BCUT2D eigenvalue weighted by molar-refractivity contribution is 5.37. The fourth-order valence-electron chi connectivity index (χ4n) is 1.53. The minimum absolute atomic E-state index is 0.342. The first-order valence-corrected chi connectivity index (χ1v) is 5.17. The Morgan fingerprint density at radius 3 is 3.00 bits per heavy atom. The Kier molecular flexibility index (Phi) is 5.18. The lowest BCUT2D eigenvalue weighted by Gasteiger charge is -2.19. The summed E-state index contributed by atoms with van der Waals surface area (Å²) in [6.07, 6.45) is 1.21. The molecule has 1 heterocycles. The Hall–Kier alpha value is -1.17. The zero-order valence-corrected chi connectivity index (χ0v) is 9.76. The van der Waals surface area contributed by atoms with Gasteiger partial charge in [0.05, 0.1) is 18.4 Å². The van der Waals surface area contributed by atoms with Crippen molar-refractivity contribution in [1.29, 1.82) is 0 Å². The largest absolute Gasteiger partial charge is 0.399 e. The second kappa shape index (κ2) is 6.42. The third kappa shape index (κ3) is 4.57. The monoisotopic (exact) mass is 225 g/mol. The number of nitrogens with two attached hydrogens (primary N) is 1. The zero-order chi connectivity index (χ0) is 12.0. The number of aliphatic hydroxyl groups is 1. The van der Waals surface area contributed by atoms with Crippen molar-refractivity contribution in [3.63, 3.8) is 0 Å². The molecule has 1 aromatic rings. The molecule has 0 aliphatic carbocycles. The minimum atomic E-state index is -0.476. The lowest BCUT2D eigenvalue weighted by atomic mass is 10.3. The van der Waals surface area contributed by atoms with Gasteiger partial charge in [0.25, 0.3) is 0 Å². The van der Waals surface area contributed by atoms with E-state index in [2.05, 4.69) is 4.98 Å². The first kappa shape index (κ1) is 12.9. The molecule has 0 saturated carbocycles. The topological polar surface area (TPSA) is 71.6 Å². The first-order chi connectivity index (χ1) is 7.61. The summed E-state index contributed by atoms with van der Waals surface area (Å²) >= 11 is 0. The van der Waals surface area contributed by atoms with Crippen molar-refractivity contribution in [2.24, 2.45) is 0 Å². The molecule has 3 N–H and O–H groups in total. The lowest BCUT2D eigenvalue weighted by molar-refractivity contribution is 0.0417. The molecule has 0 bridgehead atoms. The molecule has 90 valence electrons. The SMILES string of the molecule is COCC(O)CN(C)Cc1cc(N)ccn1. The molecule has 0 fully saturated rings. The van der Waals surface area contributed by atoms with Gasteiger partial charge in [-0.25, -0.2) is 0 Å². The Balaban J connectivity index is 2.42. The van der Waals surface area contributed by atoms with Gasteiger partial charge in [-0.15, -0.1) is 0 Å². The van der Waals surface area contributed by atoms with E-state index in [1.165, 1.54) is 0 Å². The highest BCUT2D eigenvalue weighted by Gasteiger charge is 2.08. The predicted octanol–water partition coefficient (Wildman–Crippen LogP) is 0.103. The smallest absolute Gasteiger partial charge is 0.0900 e. The Bertz CT molecular complexity index is 320. The van der Waals surface area contributed by atoms with Crippen molar-refractivity contribution in [2.45, 2.75) is 12.6 Å². The van der Waals surface area contributed by atoms with Crippen LogP contribution in [-0.2, 0) is 11.3 Å². The molecule has 5 nitrogen and oxygen atoms in total. The number of nitrogen functional groups attached to an aromatic ring is 1. The van der Waals surface area contributed by atoms with Gasteiger partial charge < -0.3 is 15.6 Å². The molecule has 0 amide bonds. The molecule has 16 heavy (non-hydrogen) atoms. The van der Waals surface area contributed by atoms with Crippen LogP contribution in [0.2, 0.25) is 0 Å². The number of hydrogen-bond donors (Lipinski definition) is 2. The van der Waals surface area contributed by atoms with Crippen LogP contribution in [0.4, 0.5) is 5.69 Å². The number of methoxy groups -OCH3 is 1. The number of likely N-dealkylation sites (N-methyl/N-ethyl adjacent to an activating group) is 1. The zero-order valence-electron chi connectivity index (χ0n) is 9.76. The van der Waals surface area contributed by atoms with Gasteiger partial charge in [-0.3, -0.25) is 9.88 Å². The van der Waals surface area contributed by atoms with Gasteiger partial charge in [0.2, 0.25) is 0 Å². The lowest BCUT2D eigenvalue weighted by Crippen LogP contribution is -2.31. The van der Waals surface area contributed by atoms with E-state index in [9.17, 15) is 5.11 Å². The molecule has 5 heteroatoms. The van der Waals surface area contributed by atoms with Crippen molar-refractivity contribution in [3.05, 3.63) is 24.0 Å². The highest BCUT2D eigenvalue weighted by Crippen LogP contribution is 2.05. The average molecular weight is 225 g/mol. The number of rotatable bonds is 6. The summed E-state index contributed by atoms with van der Waals surface area (Å²) in [6.45, 7) is 1.55. The molecule has 0 saturated heterocycles. The van der Waals surface area contributed by atoms with E-state index < -0.39 is 6.10 Å². The maximum Gasteiger partial charge on any atom is 0.0900 e. The Morgan fingerprint density at radius 1 is 1.62 bits per heavy atom. The number of nitrogens with zero attached hydrogens (tertiary/aromatic N) is 2. The third-order valence-corrected chi connectivity index (χ3v) is 2.15. The van der Waals surface area contributed by atoms with Crippen molar-refractivity contribution in [2.75, 3.05) is 33.0 Å². The van der Waals surface area contributed by atoms with Crippen LogP contribution >= 0.6 is 0 Å². The normalized spacial score (nSPS) is 13.0. The molecular weight excluding hydrogens is 206 g/mol. The molecular formula is C11H19N3O2. The van der Waals surface area contributed by atoms with Gasteiger partial charge in [0.1, 0.15) is 0 Å². The molecule has 0 aliphatic rings. The standard InChI is InChI=1S/C11H19N3O2/c1-14(7-11(15)8-16-2)6-10-5-9(12)3-4-13-10/h3-5,11,15H,6-8H2,1-2H3,(H2,12,13). The van der Waals surface area contributed by atoms with Crippen LogP contribution in [0, 0.1) is 0 Å². The maximum atomic E-state index is 9.54. The van der Waals surface area contributed by atoms with E-state index in [1.807, 2.05) is 18.0 Å². The van der Waals surface area contributed by atoms with E-state index in [0.29, 0.717) is 25.4 Å². The number of anilines is 1. The fourth-order valence-corrected chi connectivity index (χ4v) is 1.53. The van der Waals surface area contributed by atoms with Crippen LogP contribution in [0.15, 0.2) is 18.3 Å². The van der Waals surface area contributed by atoms with Crippen LogP contribution in [0.3, 0.4) is 0 Å². The number of aliphatic hydroxyl groups excluding tert-OH is 1. The number of aromatic nitrogens is 1. The quantitative estimate of drug-likeness (QED) is 0.718. The van der Waals surface area contributed by atoms with Gasteiger partial charge in [-0.05, 0) is 19.2 Å². The molecule has 0 spiro atoms. The number of ether oxygens (including phenoxy) is 1.